The van der Waals surface area contributed by atoms with Crippen LogP contribution in [-0.4, -0.2) is 92.8 Å². The molecule has 0 aliphatic carbocycles. The van der Waals surface area contributed by atoms with Gasteiger partial charge in [-0.2, -0.15) is 15.2 Å². The van der Waals surface area contributed by atoms with E-state index in [4.69, 9.17) is 4.74 Å². The maximum Gasteiger partial charge on any atom is 0.320 e. The van der Waals surface area contributed by atoms with E-state index >= 15 is 8.78 Å². The van der Waals surface area contributed by atoms with Crippen LogP contribution in [0.4, 0.5) is 19.0 Å². The van der Waals surface area contributed by atoms with Gasteiger partial charge in [-0.3, -0.25) is 9.69 Å². The summed E-state index contributed by atoms with van der Waals surface area (Å²) in [6.07, 6.45) is 2.34. The Kier molecular flexibility index (Phi) is 7.83. The number of pyridine rings is 1. The first kappa shape index (κ1) is 30.7. The molecular weight excluding hydrogens is 611 g/mol. The van der Waals surface area contributed by atoms with Crippen LogP contribution in [0.25, 0.3) is 33.1 Å². The van der Waals surface area contributed by atoms with Gasteiger partial charge >= 0.3 is 6.01 Å². The van der Waals surface area contributed by atoms with Crippen molar-refractivity contribution in [2.24, 2.45) is 0 Å². The van der Waals surface area contributed by atoms with Crippen molar-refractivity contribution < 1.29 is 27.8 Å². The highest BCUT2D eigenvalue weighted by molar-refractivity contribution is 5.99. The monoisotopic (exact) mass is 643 g/mol. The number of phenols is 1. The number of ether oxygens (including phenoxy) is 1. The van der Waals surface area contributed by atoms with E-state index in [1.807, 2.05) is 4.90 Å². The Morgan fingerprint density at radius 1 is 1.15 bits per heavy atom. The summed E-state index contributed by atoms with van der Waals surface area (Å²) in [4.78, 5) is 31.9. The molecule has 0 radical (unpaired) electrons. The molecule has 47 heavy (non-hydrogen) atoms. The molecular formula is C34H32F3N7O3. The Morgan fingerprint density at radius 3 is 2.81 bits per heavy atom. The van der Waals surface area contributed by atoms with Crippen molar-refractivity contribution in [2.75, 3.05) is 44.2 Å². The highest BCUT2D eigenvalue weighted by Gasteiger charge is 2.49. The average molecular weight is 644 g/mol. The number of aromatic nitrogens is 3. The quantitative estimate of drug-likeness (QED) is 0.281. The van der Waals surface area contributed by atoms with Gasteiger partial charge in [0.1, 0.15) is 41.7 Å². The first-order valence-corrected chi connectivity index (χ1v) is 15.6. The molecule has 0 bridgehead atoms. The van der Waals surface area contributed by atoms with E-state index < -0.39 is 29.4 Å². The molecule has 3 aliphatic heterocycles. The number of nitrogens with zero attached hydrogens (tertiary/aromatic N) is 7. The van der Waals surface area contributed by atoms with E-state index in [0.29, 0.717) is 30.7 Å². The molecule has 4 aromatic rings. The number of hydrogen-bond acceptors (Lipinski definition) is 9. The van der Waals surface area contributed by atoms with Crippen molar-refractivity contribution in [1.29, 1.82) is 5.26 Å². The smallest absolute Gasteiger partial charge is 0.320 e. The number of nitriles is 1. The number of alkyl halides is 1. The van der Waals surface area contributed by atoms with Crippen molar-refractivity contribution in [1.82, 2.24) is 24.8 Å². The van der Waals surface area contributed by atoms with Crippen LogP contribution in [0.5, 0.6) is 11.8 Å². The number of benzene rings is 2. The lowest BCUT2D eigenvalue weighted by Crippen LogP contribution is -2.55. The van der Waals surface area contributed by atoms with Gasteiger partial charge in [-0.05, 0) is 55.1 Å². The first-order valence-electron chi connectivity index (χ1n) is 15.6. The second-order valence-corrected chi connectivity index (χ2v) is 12.4. The van der Waals surface area contributed by atoms with Gasteiger partial charge in [0.2, 0.25) is 5.91 Å². The van der Waals surface area contributed by atoms with Gasteiger partial charge in [0, 0.05) is 43.5 Å². The number of hydrogen-bond donors (Lipinski definition) is 1. The molecule has 7 rings (SSSR count). The van der Waals surface area contributed by atoms with E-state index in [9.17, 15) is 19.6 Å². The molecule has 3 aliphatic rings. The summed E-state index contributed by atoms with van der Waals surface area (Å²) in [7, 11) is 0. The second-order valence-electron chi connectivity index (χ2n) is 12.4. The average Bonchev–Trinajstić information content (AvgIpc) is 3.58. The zero-order chi connectivity index (χ0) is 32.9. The SMILES string of the molecule is C=CC(=O)N1CCN(c2nc(OC[C@@]34CCCN3C[C@H](F)C4)nc3nc(-c4cc(O)cc5cccc(F)c45)c(F)cc23)C[C@@H]1CC#N. The first-order chi connectivity index (χ1) is 22.7. The maximum atomic E-state index is 16.1. The highest BCUT2D eigenvalue weighted by Crippen LogP contribution is 2.41. The number of piperazine rings is 1. The molecule has 1 amide bonds. The second kappa shape index (κ2) is 12.0. The number of amides is 1. The summed E-state index contributed by atoms with van der Waals surface area (Å²) in [5.74, 6) is -1.59. The van der Waals surface area contributed by atoms with Crippen LogP contribution in [0.1, 0.15) is 25.7 Å². The molecule has 3 atom stereocenters. The van der Waals surface area contributed by atoms with Crippen LogP contribution < -0.4 is 9.64 Å². The Labute approximate surface area is 268 Å². The molecule has 1 N–H and O–H groups in total. The third-order valence-corrected chi connectivity index (χ3v) is 9.56. The lowest BCUT2D eigenvalue weighted by molar-refractivity contribution is -0.128. The summed E-state index contributed by atoms with van der Waals surface area (Å²) in [6.45, 7) is 5.62. The Hall–Kier alpha value is -4.96. The van der Waals surface area contributed by atoms with Gasteiger partial charge in [-0.25, -0.2) is 18.2 Å². The van der Waals surface area contributed by atoms with Crippen molar-refractivity contribution in [3.05, 3.63) is 60.7 Å². The van der Waals surface area contributed by atoms with E-state index in [1.165, 1.54) is 36.4 Å². The number of aromatic hydroxyl groups is 1. The van der Waals surface area contributed by atoms with Gasteiger partial charge in [0.15, 0.2) is 5.65 Å². The van der Waals surface area contributed by atoms with Crippen LogP contribution in [0, 0.1) is 23.0 Å². The van der Waals surface area contributed by atoms with Crippen molar-refractivity contribution in [3.8, 4) is 29.1 Å². The third kappa shape index (κ3) is 5.46. The number of carbonyl (C=O) groups excluding carboxylic acids is 1. The van der Waals surface area contributed by atoms with E-state index in [1.54, 1.807) is 11.0 Å². The molecule has 5 heterocycles. The van der Waals surface area contributed by atoms with Gasteiger partial charge in [-0.1, -0.05) is 18.7 Å². The van der Waals surface area contributed by atoms with Crippen LogP contribution in [0.3, 0.4) is 0 Å². The van der Waals surface area contributed by atoms with Crippen LogP contribution in [0.2, 0.25) is 0 Å². The fourth-order valence-electron chi connectivity index (χ4n) is 7.43. The van der Waals surface area contributed by atoms with Crippen molar-refractivity contribution in [2.45, 2.75) is 43.4 Å². The largest absolute Gasteiger partial charge is 0.508 e. The lowest BCUT2D eigenvalue weighted by atomic mass is 9.95. The predicted molar refractivity (Wildman–Crippen MR) is 169 cm³/mol. The fraction of sp³-hybridized carbons (Fsp3) is 0.382. The zero-order valence-electron chi connectivity index (χ0n) is 25.5. The van der Waals surface area contributed by atoms with E-state index in [2.05, 4.69) is 32.5 Å². The number of halogens is 3. The van der Waals surface area contributed by atoms with Gasteiger partial charge in [0.25, 0.3) is 0 Å². The third-order valence-electron chi connectivity index (χ3n) is 9.56. The zero-order valence-corrected chi connectivity index (χ0v) is 25.5. The summed E-state index contributed by atoms with van der Waals surface area (Å²) in [6, 6.07) is 9.81. The van der Waals surface area contributed by atoms with Crippen molar-refractivity contribution >= 4 is 33.5 Å². The van der Waals surface area contributed by atoms with Crippen LogP contribution in [0.15, 0.2) is 49.1 Å². The molecule has 10 nitrogen and oxygen atoms in total. The molecule has 2 aromatic carbocycles. The predicted octanol–water partition coefficient (Wildman–Crippen LogP) is 4.90. The van der Waals surface area contributed by atoms with Crippen molar-refractivity contribution in [3.63, 3.8) is 0 Å². The normalized spacial score (nSPS) is 22.9. The van der Waals surface area contributed by atoms with Gasteiger partial charge in [0.05, 0.1) is 29.5 Å². The molecule has 2 aromatic heterocycles. The number of fused-ring (bicyclic) bond motifs is 3. The molecule has 0 unspecified atom stereocenters. The Morgan fingerprint density at radius 2 is 2.00 bits per heavy atom. The van der Waals surface area contributed by atoms with Gasteiger partial charge in [-0.15, -0.1) is 0 Å². The van der Waals surface area contributed by atoms with E-state index in [0.717, 1.165) is 19.4 Å². The lowest BCUT2D eigenvalue weighted by Gasteiger charge is -2.41. The standard InChI is InChI=1S/C34H32F3N7O3/c1-2-28(46)44-12-11-42(18-22(44)7-9-38)32-25-15-27(37)30(24-14-23(45)13-20-5-3-6-26(36)29(20)24)39-31(25)40-33(41-32)47-19-34-8-4-10-43(34)17-21(35)16-34/h2-3,5-6,13-15,21-22,45H,1,4,7-8,10-12,16-19H2/t21-,22+,34+/m1/s1. The van der Waals surface area contributed by atoms with Crippen LogP contribution in [-0.2, 0) is 4.79 Å². The Bertz CT molecular complexity index is 1950. The minimum absolute atomic E-state index is 0.0468. The van der Waals surface area contributed by atoms with E-state index in [-0.39, 0.29) is 71.5 Å². The summed E-state index contributed by atoms with van der Waals surface area (Å²) in [5.41, 5.74) is -0.594. The fourth-order valence-corrected chi connectivity index (χ4v) is 7.43. The molecule has 13 heteroatoms. The minimum atomic E-state index is -0.955. The molecule has 3 saturated heterocycles. The van der Waals surface area contributed by atoms with Gasteiger partial charge < -0.3 is 19.6 Å². The number of phenolic OH excluding ortho intramolecular Hbond substituents is 1. The number of rotatable bonds is 7. The summed E-state index contributed by atoms with van der Waals surface area (Å²) < 4.78 is 51.8. The number of anilines is 1. The summed E-state index contributed by atoms with van der Waals surface area (Å²) >= 11 is 0. The maximum absolute atomic E-state index is 16.1. The molecule has 242 valence electrons. The Balaban J connectivity index is 1.34. The highest BCUT2D eigenvalue weighted by atomic mass is 19.1. The van der Waals surface area contributed by atoms with Crippen LogP contribution >= 0.6 is 0 Å². The molecule has 0 spiro atoms. The minimum Gasteiger partial charge on any atom is -0.508 e. The topological polar surface area (TPSA) is 119 Å². The summed E-state index contributed by atoms with van der Waals surface area (Å²) in [5, 5.41) is 20.6. The molecule has 3 fully saturated rings. The number of carbonyl (C=O) groups is 1. The molecule has 0 saturated carbocycles.